The molecule has 7 heteroatoms. The summed E-state index contributed by atoms with van der Waals surface area (Å²) >= 11 is 0. The minimum absolute atomic E-state index is 0.176. The van der Waals surface area contributed by atoms with Crippen molar-refractivity contribution in [2.45, 2.75) is 31.9 Å². The number of nitrogens with zero attached hydrogens (tertiary/aromatic N) is 2. The second-order valence-corrected chi connectivity index (χ2v) is 8.17. The van der Waals surface area contributed by atoms with Crippen LogP contribution in [0.2, 0.25) is 0 Å². The molecule has 0 aliphatic carbocycles. The van der Waals surface area contributed by atoms with Crippen molar-refractivity contribution in [3.8, 4) is 5.88 Å². The molecule has 1 fully saturated rings. The number of methoxy groups -OCH3 is 1. The Kier molecular flexibility index (Phi) is 5.05. The van der Waals surface area contributed by atoms with Gasteiger partial charge in [-0.3, -0.25) is 4.21 Å². The molecular weight excluding hydrogens is 302 g/mol. The Morgan fingerprint density at radius 3 is 2.77 bits per heavy atom. The quantitative estimate of drug-likeness (QED) is 0.904. The molecule has 2 heterocycles. The highest BCUT2D eigenvalue weighted by atomic mass is 32.2. The van der Waals surface area contributed by atoms with Gasteiger partial charge >= 0.3 is 6.03 Å². The lowest BCUT2D eigenvalue weighted by Gasteiger charge is -2.23. The average molecular weight is 325 g/mol. The Balaban J connectivity index is 2.05. The fraction of sp³-hybridized carbons (Fsp3) is 0.600. The average Bonchev–Trinajstić information content (AvgIpc) is 2.61. The second-order valence-electron chi connectivity index (χ2n) is 5.96. The van der Waals surface area contributed by atoms with Crippen LogP contribution in [0.3, 0.4) is 0 Å². The van der Waals surface area contributed by atoms with Gasteiger partial charge < -0.3 is 15.0 Å². The van der Waals surface area contributed by atoms with Crippen LogP contribution in [0.25, 0.3) is 0 Å². The fourth-order valence-corrected chi connectivity index (χ4v) is 3.54. The van der Waals surface area contributed by atoms with Crippen LogP contribution < -0.4 is 10.1 Å². The number of anilines is 1. The van der Waals surface area contributed by atoms with Crippen molar-refractivity contribution in [3.05, 3.63) is 17.8 Å². The number of pyridine rings is 1. The molecule has 2 amide bonds. The number of urea groups is 1. The summed E-state index contributed by atoms with van der Waals surface area (Å²) in [5, 5.41) is 2.87. The first-order chi connectivity index (χ1) is 10.3. The second kappa shape index (κ2) is 6.64. The molecule has 0 aromatic carbocycles. The summed E-state index contributed by atoms with van der Waals surface area (Å²) in [5.41, 5.74) is 1.36. The maximum absolute atomic E-state index is 12.4. The smallest absolute Gasteiger partial charge is 0.321 e. The molecule has 122 valence electrons. The van der Waals surface area contributed by atoms with E-state index in [1.165, 1.54) is 0 Å². The number of ether oxygens (including phenoxy) is 1. The van der Waals surface area contributed by atoms with E-state index in [4.69, 9.17) is 4.74 Å². The zero-order chi connectivity index (χ0) is 16.3. The van der Waals surface area contributed by atoms with Crippen LogP contribution in [0.1, 0.15) is 26.0 Å². The fourth-order valence-electron chi connectivity index (χ4n) is 2.28. The zero-order valence-electron chi connectivity index (χ0n) is 13.5. The topological polar surface area (TPSA) is 71.5 Å². The van der Waals surface area contributed by atoms with Gasteiger partial charge in [-0.15, -0.1) is 0 Å². The first kappa shape index (κ1) is 16.7. The molecule has 6 nitrogen and oxygen atoms in total. The lowest BCUT2D eigenvalue weighted by molar-refractivity contribution is 0.214. The van der Waals surface area contributed by atoms with Gasteiger partial charge in [-0.05, 0) is 33.3 Å². The molecule has 0 saturated carbocycles. The normalized spacial score (nSPS) is 21.1. The Hall–Kier alpha value is -1.63. The Bertz CT molecular complexity index is 589. The number of hydrogen-bond donors (Lipinski definition) is 1. The molecule has 0 spiro atoms. The number of aromatic nitrogens is 1. The van der Waals surface area contributed by atoms with Crippen molar-refractivity contribution < 1.29 is 13.7 Å². The molecule has 1 N–H and O–H groups in total. The highest BCUT2D eigenvalue weighted by Gasteiger charge is 2.31. The van der Waals surface area contributed by atoms with Crippen LogP contribution >= 0.6 is 0 Å². The molecule has 2 rings (SSSR count). The van der Waals surface area contributed by atoms with Gasteiger partial charge in [0.1, 0.15) is 0 Å². The van der Waals surface area contributed by atoms with Gasteiger partial charge in [-0.1, -0.05) is 0 Å². The maximum Gasteiger partial charge on any atom is 0.321 e. The summed E-state index contributed by atoms with van der Waals surface area (Å²) in [6.45, 7) is 6.90. The van der Waals surface area contributed by atoms with Gasteiger partial charge in [0.15, 0.2) is 0 Å². The monoisotopic (exact) mass is 325 g/mol. The molecular formula is C15H23N3O3S. The minimum atomic E-state index is -0.911. The van der Waals surface area contributed by atoms with Crippen LogP contribution in [-0.4, -0.2) is 50.8 Å². The summed E-state index contributed by atoms with van der Waals surface area (Å²) in [7, 11) is 0.644. The van der Waals surface area contributed by atoms with Gasteiger partial charge in [-0.25, -0.2) is 9.78 Å². The number of rotatable bonds is 2. The molecule has 22 heavy (non-hydrogen) atoms. The summed E-state index contributed by atoms with van der Waals surface area (Å²) < 4.78 is 16.9. The molecule has 0 radical (unpaired) electrons. The van der Waals surface area contributed by atoms with E-state index in [2.05, 4.69) is 10.3 Å². The van der Waals surface area contributed by atoms with E-state index in [1.54, 1.807) is 24.1 Å². The lowest BCUT2D eigenvalue weighted by Crippen LogP contribution is -2.37. The van der Waals surface area contributed by atoms with Gasteiger partial charge in [0, 0.05) is 40.5 Å². The Morgan fingerprint density at radius 1 is 1.41 bits per heavy atom. The summed E-state index contributed by atoms with van der Waals surface area (Å²) in [6.07, 6.45) is 0.729. The zero-order valence-corrected chi connectivity index (χ0v) is 14.3. The molecule has 1 atom stereocenters. The van der Waals surface area contributed by atoms with E-state index < -0.39 is 10.8 Å². The number of hydrogen-bond acceptors (Lipinski definition) is 4. The first-order valence-corrected chi connectivity index (χ1v) is 8.61. The van der Waals surface area contributed by atoms with Crippen LogP contribution in [0.15, 0.2) is 12.1 Å². The maximum atomic E-state index is 12.4. The van der Waals surface area contributed by atoms with E-state index in [-0.39, 0.29) is 10.8 Å². The molecule has 1 aliphatic heterocycles. The number of nitrogens with one attached hydrogen (secondary N) is 1. The van der Waals surface area contributed by atoms with Crippen molar-refractivity contribution in [2.24, 2.45) is 0 Å². The minimum Gasteiger partial charge on any atom is -0.481 e. The van der Waals surface area contributed by atoms with Crippen molar-refractivity contribution in [2.75, 3.05) is 31.3 Å². The number of carbonyl (C=O) groups excluding carboxylic acids is 1. The van der Waals surface area contributed by atoms with Crippen molar-refractivity contribution in [3.63, 3.8) is 0 Å². The van der Waals surface area contributed by atoms with E-state index in [9.17, 15) is 9.00 Å². The third-order valence-electron chi connectivity index (χ3n) is 3.94. The summed E-state index contributed by atoms with van der Waals surface area (Å²) in [4.78, 5) is 18.4. The van der Waals surface area contributed by atoms with Crippen LogP contribution in [0.4, 0.5) is 10.5 Å². The van der Waals surface area contributed by atoms with E-state index in [0.717, 1.165) is 6.42 Å². The highest BCUT2D eigenvalue weighted by Crippen LogP contribution is 2.23. The van der Waals surface area contributed by atoms with Crippen molar-refractivity contribution >= 4 is 22.5 Å². The predicted octanol–water partition coefficient (Wildman–Crippen LogP) is 2.16. The predicted molar refractivity (Wildman–Crippen MR) is 87.8 cm³/mol. The molecule has 1 aromatic rings. The Labute approximate surface area is 133 Å². The molecule has 1 aliphatic rings. The first-order valence-electron chi connectivity index (χ1n) is 7.29. The van der Waals surface area contributed by atoms with Crippen LogP contribution in [0, 0.1) is 6.92 Å². The van der Waals surface area contributed by atoms with E-state index >= 15 is 0 Å². The summed E-state index contributed by atoms with van der Waals surface area (Å²) in [5.74, 6) is 1.03. The molecule has 0 bridgehead atoms. The largest absolute Gasteiger partial charge is 0.481 e. The third-order valence-corrected chi connectivity index (χ3v) is 5.94. The van der Waals surface area contributed by atoms with Crippen LogP contribution in [-0.2, 0) is 10.8 Å². The van der Waals surface area contributed by atoms with Gasteiger partial charge in [-0.2, -0.15) is 0 Å². The lowest BCUT2D eigenvalue weighted by atomic mass is 10.1. The van der Waals surface area contributed by atoms with E-state index in [1.807, 2.05) is 20.8 Å². The SMILES string of the molecule is COc1ccc(NC(=O)N2CCS(=O)C(C)(C)CC2)c(C)n1. The van der Waals surface area contributed by atoms with Gasteiger partial charge in [0.2, 0.25) is 5.88 Å². The molecule has 1 saturated heterocycles. The van der Waals surface area contributed by atoms with Gasteiger partial charge in [0.25, 0.3) is 0 Å². The van der Waals surface area contributed by atoms with Crippen molar-refractivity contribution in [1.29, 1.82) is 0 Å². The van der Waals surface area contributed by atoms with Gasteiger partial charge in [0.05, 0.1) is 18.5 Å². The van der Waals surface area contributed by atoms with Crippen LogP contribution in [0.5, 0.6) is 5.88 Å². The number of carbonyl (C=O) groups is 1. The Morgan fingerprint density at radius 2 is 2.14 bits per heavy atom. The van der Waals surface area contributed by atoms with E-state index in [0.29, 0.717) is 36.1 Å². The molecule has 1 unspecified atom stereocenters. The third kappa shape index (κ3) is 3.76. The summed E-state index contributed by atoms with van der Waals surface area (Å²) in [6, 6.07) is 3.31. The number of aryl methyl sites for hydroxylation is 1. The van der Waals surface area contributed by atoms with Crippen molar-refractivity contribution in [1.82, 2.24) is 9.88 Å². The molecule has 1 aromatic heterocycles. The number of amides is 2. The highest BCUT2D eigenvalue weighted by molar-refractivity contribution is 7.86. The standard InChI is InChI=1S/C15H23N3O3S/c1-11-12(5-6-13(16-11)21-4)17-14(19)18-8-7-15(2,3)22(20)10-9-18/h5-6H,7-10H2,1-4H3,(H,17,19).